The summed E-state index contributed by atoms with van der Waals surface area (Å²) in [6.07, 6.45) is 11.3. The lowest BCUT2D eigenvalue weighted by atomic mass is 9.94. The summed E-state index contributed by atoms with van der Waals surface area (Å²) in [6.45, 7) is 8.18. The van der Waals surface area contributed by atoms with Gasteiger partial charge in [-0.15, -0.1) is 0 Å². The largest absolute Gasteiger partial charge is 0.463 e. The molecule has 10 nitrogen and oxygen atoms in total. The summed E-state index contributed by atoms with van der Waals surface area (Å²) < 4.78 is 20.1. The van der Waals surface area contributed by atoms with Crippen molar-refractivity contribution >= 4 is 31.5 Å². The first kappa shape index (κ1) is 30.2. The Bertz CT molecular complexity index is 1210. The lowest BCUT2D eigenvalue weighted by molar-refractivity contribution is -0.150. The number of nitriles is 1. The molecule has 0 aromatic carbocycles. The van der Waals surface area contributed by atoms with Crippen LogP contribution in [0.25, 0.3) is 5.52 Å². The Hall–Kier alpha value is -2.81. The van der Waals surface area contributed by atoms with E-state index in [1.165, 1.54) is 19.2 Å². The van der Waals surface area contributed by atoms with Gasteiger partial charge < -0.3 is 19.2 Å². The molecule has 1 N–H and O–H groups in total. The van der Waals surface area contributed by atoms with E-state index >= 15 is 0 Å². The van der Waals surface area contributed by atoms with Gasteiger partial charge in [0.2, 0.25) is 11.5 Å². The number of nitrogens with zero attached hydrogens (tertiary/aromatic N) is 4. The van der Waals surface area contributed by atoms with Crippen LogP contribution in [0.3, 0.4) is 0 Å². The molecule has 1 aliphatic carbocycles. The van der Waals surface area contributed by atoms with Gasteiger partial charge in [0.25, 0.3) is 0 Å². The molecule has 4 rings (SSSR count). The number of amides is 1. The van der Waals surface area contributed by atoms with Gasteiger partial charge in [0.05, 0.1) is 11.8 Å². The van der Waals surface area contributed by atoms with Gasteiger partial charge in [-0.05, 0) is 57.0 Å². The molecule has 2 fully saturated rings. The first-order valence-electron chi connectivity index (χ1n) is 14.6. The van der Waals surface area contributed by atoms with Crippen LogP contribution >= 0.6 is 0 Å². The predicted molar refractivity (Wildman–Crippen MR) is 153 cm³/mol. The number of nitrogens with one attached hydrogen (secondary N) is 1. The summed E-state index contributed by atoms with van der Waals surface area (Å²) in [5, 5.41) is 17.8. The molecule has 1 radical (unpaired) electrons. The molecule has 1 aliphatic heterocycles. The third kappa shape index (κ3) is 7.27. The van der Waals surface area contributed by atoms with Crippen LogP contribution in [0.4, 0.5) is 5.82 Å². The fraction of sp³-hybridized carbons (Fsp3) is 0.655. The van der Waals surface area contributed by atoms with E-state index in [2.05, 4.69) is 21.5 Å². The van der Waals surface area contributed by atoms with E-state index in [0.717, 1.165) is 38.5 Å². The minimum absolute atomic E-state index is 0.0115. The van der Waals surface area contributed by atoms with Gasteiger partial charge in [-0.1, -0.05) is 39.0 Å². The molecule has 3 atom stereocenters. The summed E-state index contributed by atoms with van der Waals surface area (Å²) >= 11 is 0. The standard InChI is InChI=1S/C29H42N5O5Si/c1-5-6-13-26(35)33-28-23-14-15-24(34(23)32-20-31-28)29(19-30)25(39-40(2,3)4)17-22(38-29)18-37-27(36)16-21-11-9-7-8-10-12-21/h14-15,17,20-22,25H,5-13,16,18H2,1-4H3,(H,31,32,33,35)/t22-,25-,29+/m1/s1. The zero-order chi connectivity index (χ0) is 28.8. The zero-order valence-corrected chi connectivity index (χ0v) is 25.1. The highest BCUT2D eigenvalue weighted by Gasteiger charge is 2.55. The van der Waals surface area contributed by atoms with E-state index in [1.807, 2.05) is 33.0 Å². The average Bonchev–Trinajstić information content (AvgIpc) is 3.39. The van der Waals surface area contributed by atoms with E-state index in [1.54, 1.807) is 16.6 Å². The number of unbranched alkanes of at least 4 members (excludes halogenated alkanes) is 1. The van der Waals surface area contributed by atoms with Gasteiger partial charge in [-0.3, -0.25) is 9.59 Å². The fourth-order valence-electron chi connectivity index (χ4n) is 5.50. The molecule has 1 saturated heterocycles. The number of anilines is 1. The molecular weight excluding hydrogens is 526 g/mol. The first-order chi connectivity index (χ1) is 19.1. The van der Waals surface area contributed by atoms with Crippen LogP contribution in [0.2, 0.25) is 19.6 Å². The van der Waals surface area contributed by atoms with Gasteiger partial charge in [0.15, 0.2) is 14.1 Å². The van der Waals surface area contributed by atoms with Crippen LogP contribution in [-0.4, -0.2) is 53.6 Å². The molecule has 2 aliphatic rings. The lowest BCUT2D eigenvalue weighted by Crippen LogP contribution is -2.44. The van der Waals surface area contributed by atoms with Crippen LogP contribution in [0.1, 0.15) is 76.8 Å². The van der Waals surface area contributed by atoms with E-state index in [-0.39, 0.29) is 18.5 Å². The Labute approximate surface area is 237 Å². The molecule has 11 heteroatoms. The molecular formula is C29H42N5O5Si. The van der Waals surface area contributed by atoms with Gasteiger partial charge in [0, 0.05) is 19.3 Å². The normalized spacial score (nSPS) is 24.0. The van der Waals surface area contributed by atoms with E-state index in [9.17, 15) is 14.9 Å². The van der Waals surface area contributed by atoms with Gasteiger partial charge >= 0.3 is 5.97 Å². The summed E-state index contributed by atoms with van der Waals surface area (Å²) in [5.74, 6) is 0.374. The smallest absolute Gasteiger partial charge is 0.306 e. The van der Waals surface area contributed by atoms with Crippen LogP contribution in [-0.2, 0) is 29.1 Å². The predicted octanol–water partition coefficient (Wildman–Crippen LogP) is 5.30. The van der Waals surface area contributed by atoms with Crippen molar-refractivity contribution in [3.05, 3.63) is 30.6 Å². The second-order valence-corrected chi connectivity index (χ2v) is 16.3. The van der Waals surface area contributed by atoms with Crippen molar-refractivity contribution in [2.75, 3.05) is 11.9 Å². The highest BCUT2D eigenvalue weighted by atomic mass is 28.4. The molecule has 217 valence electrons. The number of hydrogen-bond acceptors (Lipinski definition) is 8. The Kier molecular flexibility index (Phi) is 9.98. The highest BCUT2D eigenvalue weighted by molar-refractivity contribution is 6.69. The highest BCUT2D eigenvalue weighted by Crippen LogP contribution is 2.42. The van der Waals surface area contributed by atoms with Crippen LogP contribution in [0, 0.1) is 23.7 Å². The minimum Gasteiger partial charge on any atom is -0.463 e. The second-order valence-electron chi connectivity index (χ2n) is 11.9. The van der Waals surface area contributed by atoms with Gasteiger partial charge in [0.1, 0.15) is 30.6 Å². The average molecular weight is 569 g/mol. The molecule has 40 heavy (non-hydrogen) atoms. The summed E-state index contributed by atoms with van der Waals surface area (Å²) in [7, 11) is -2.13. The number of rotatable bonds is 11. The number of hydrogen-bond donors (Lipinski definition) is 1. The number of carbonyl (C=O) groups excluding carboxylic acids is 2. The summed E-state index contributed by atoms with van der Waals surface area (Å²) in [5.41, 5.74) is -0.517. The van der Waals surface area contributed by atoms with Crippen molar-refractivity contribution in [3.63, 3.8) is 0 Å². The third-order valence-electron chi connectivity index (χ3n) is 7.46. The SMILES string of the molecule is CCCCC(=O)Nc1ncnn2c([C@]3(C#N)O[C@@H](COC(=O)CC4CCCCCC4)[CH][C@H]3O[Si](C)(C)C)ccc12. The van der Waals surface area contributed by atoms with Crippen LogP contribution in [0.15, 0.2) is 18.5 Å². The third-order valence-corrected chi connectivity index (χ3v) is 8.42. The van der Waals surface area contributed by atoms with Crippen molar-refractivity contribution in [2.45, 2.75) is 109 Å². The van der Waals surface area contributed by atoms with Crippen LogP contribution in [0.5, 0.6) is 0 Å². The molecule has 3 heterocycles. The Morgan fingerprint density at radius 1 is 1.23 bits per heavy atom. The number of ether oxygens (including phenoxy) is 2. The minimum atomic E-state index is -2.13. The number of carbonyl (C=O) groups is 2. The molecule has 1 amide bonds. The maximum atomic E-state index is 12.7. The molecule has 0 spiro atoms. The molecule has 0 bridgehead atoms. The van der Waals surface area contributed by atoms with E-state index in [4.69, 9.17) is 13.9 Å². The molecule has 2 aromatic rings. The maximum Gasteiger partial charge on any atom is 0.306 e. The van der Waals surface area contributed by atoms with Gasteiger partial charge in [-0.2, -0.15) is 10.4 Å². The molecule has 1 saturated carbocycles. The number of aromatic nitrogens is 3. The van der Waals surface area contributed by atoms with E-state index in [0.29, 0.717) is 35.8 Å². The molecule has 0 unspecified atom stereocenters. The number of fused-ring (bicyclic) bond motifs is 1. The van der Waals surface area contributed by atoms with Crippen molar-refractivity contribution in [1.29, 1.82) is 5.26 Å². The zero-order valence-electron chi connectivity index (χ0n) is 24.1. The Morgan fingerprint density at radius 2 is 1.98 bits per heavy atom. The van der Waals surface area contributed by atoms with Crippen LogP contribution < -0.4 is 5.32 Å². The quantitative estimate of drug-likeness (QED) is 0.220. The number of esters is 1. The molecule has 2 aromatic heterocycles. The maximum absolute atomic E-state index is 12.7. The summed E-state index contributed by atoms with van der Waals surface area (Å²) in [4.78, 5) is 29.3. The van der Waals surface area contributed by atoms with Crippen molar-refractivity contribution in [3.8, 4) is 6.07 Å². The monoisotopic (exact) mass is 568 g/mol. The van der Waals surface area contributed by atoms with Crippen molar-refractivity contribution in [2.24, 2.45) is 5.92 Å². The Balaban J connectivity index is 1.54. The second kappa shape index (κ2) is 13.2. The Morgan fingerprint density at radius 3 is 2.65 bits per heavy atom. The first-order valence-corrected chi connectivity index (χ1v) is 18.0. The summed E-state index contributed by atoms with van der Waals surface area (Å²) in [6, 6.07) is 5.87. The topological polar surface area (TPSA) is 128 Å². The van der Waals surface area contributed by atoms with E-state index < -0.39 is 26.1 Å². The van der Waals surface area contributed by atoms with Crippen molar-refractivity contribution < 1.29 is 23.5 Å². The van der Waals surface area contributed by atoms with Gasteiger partial charge in [-0.25, -0.2) is 9.50 Å². The lowest BCUT2D eigenvalue weighted by Gasteiger charge is -2.31. The fourth-order valence-corrected chi connectivity index (χ4v) is 6.51. The van der Waals surface area contributed by atoms with Crippen molar-refractivity contribution in [1.82, 2.24) is 14.6 Å².